The van der Waals surface area contributed by atoms with Gasteiger partial charge in [0.15, 0.2) is 22.8 Å². The smallest absolute Gasteiger partial charge is 0.325 e. The first-order chi connectivity index (χ1) is 17.4. The van der Waals surface area contributed by atoms with Gasteiger partial charge < -0.3 is 24.1 Å². The number of Topliss-reactive ketones (excluding diaryl/α,β-unsaturated/α-hetero) is 1. The molecule has 1 spiro atoms. The van der Waals surface area contributed by atoms with E-state index in [4.69, 9.17) is 14.2 Å². The lowest BCUT2D eigenvalue weighted by molar-refractivity contribution is -0.132. The molecule has 1 atom stereocenters. The Bertz CT molecular complexity index is 1430. The molecule has 6 rings (SSSR count). The summed E-state index contributed by atoms with van der Waals surface area (Å²) >= 11 is 0. The van der Waals surface area contributed by atoms with Gasteiger partial charge in [0.05, 0.1) is 13.2 Å². The summed E-state index contributed by atoms with van der Waals surface area (Å²) in [7, 11) is 0. The van der Waals surface area contributed by atoms with Gasteiger partial charge in [0.25, 0.3) is 5.91 Å². The van der Waals surface area contributed by atoms with Crippen molar-refractivity contribution >= 4 is 17.7 Å². The zero-order valence-electron chi connectivity index (χ0n) is 20.0. The van der Waals surface area contributed by atoms with Gasteiger partial charge in [0.1, 0.15) is 19.0 Å². The minimum atomic E-state index is -1.21. The van der Waals surface area contributed by atoms with Crippen molar-refractivity contribution in [2.75, 3.05) is 26.4 Å². The van der Waals surface area contributed by atoms with E-state index in [2.05, 4.69) is 5.32 Å². The minimum Gasteiger partial charge on any atom is -0.493 e. The Morgan fingerprint density at radius 1 is 0.944 bits per heavy atom. The number of imide groups is 1. The number of hydrogen-bond donors (Lipinski definition) is 1. The molecule has 0 saturated carbocycles. The van der Waals surface area contributed by atoms with Crippen molar-refractivity contribution in [2.24, 2.45) is 0 Å². The monoisotopic (exact) mass is 487 g/mol. The number of amides is 3. The maximum atomic E-state index is 13.5. The molecule has 3 aromatic rings. The first kappa shape index (κ1) is 22.2. The molecular formula is C27H25N3O6. The van der Waals surface area contributed by atoms with E-state index in [0.717, 1.165) is 16.3 Å². The fraction of sp³-hybridized carbons (Fsp3) is 0.296. The van der Waals surface area contributed by atoms with Gasteiger partial charge in [-0.25, -0.2) is 4.79 Å². The quantitative estimate of drug-likeness (QED) is 0.448. The Morgan fingerprint density at radius 2 is 1.69 bits per heavy atom. The van der Waals surface area contributed by atoms with Crippen LogP contribution in [0.15, 0.2) is 48.5 Å². The summed E-state index contributed by atoms with van der Waals surface area (Å²) in [6.07, 6.45) is 0.303. The van der Waals surface area contributed by atoms with Crippen LogP contribution in [0.4, 0.5) is 4.79 Å². The Morgan fingerprint density at radius 3 is 2.53 bits per heavy atom. The number of rotatable bonds is 4. The molecule has 1 saturated heterocycles. The molecule has 3 amide bonds. The van der Waals surface area contributed by atoms with E-state index in [-0.39, 0.29) is 12.3 Å². The predicted octanol–water partition coefficient (Wildman–Crippen LogP) is 3.28. The maximum Gasteiger partial charge on any atom is 0.325 e. The van der Waals surface area contributed by atoms with Crippen LogP contribution in [0.1, 0.15) is 33.7 Å². The second kappa shape index (κ2) is 8.15. The number of ether oxygens (including phenoxy) is 3. The molecule has 184 valence electrons. The summed E-state index contributed by atoms with van der Waals surface area (Å²) in [6, 6.07) is 14.0. The molecule has 2 aromatic carbocycles. The van der Waals surface area contributed by atoms with Crippen LogP contribution in [0.3, 0.4) is 0 Å². The third-order valence-electron chi connectivity index (χ3n) is 7.07. The zero-order valence-corrected chi connectivity index (χ0v) is 20.0. The number of aryl methyl sites for hydroxylation is 1. The van der Waals surface area contributed by atoms with Crippen LogP contribution in [0.5, 0.6) is 17.2 Å². The Kier molecular flexibility index (Phi) is 5.03. The van der Waals surface area contributed by atoms with Crippen molar-refractivity contribution in [3.05, 3.63) is 71.0 Å². The first-order valence-electron chi connectivity index (χ1n) is 11.9. The van der Waals surface area contributed by atoms with Crippen molar-refractivity contribution < 1.29 is 28.6 Å². The summed E-state index contributed by atoms with van der Waals surface area (Å²) in [4.78, 5) is 40.9. The highest BCUT2D eigenvalue weighted by atomic mass is 16.6. The summed E-state index contributed by atoms with van der Waals surface area (Å²) in [5, 5.41) is 2.84. The van der Waals surface area contributed by atoms with Gasteiger partial charge in [0, 0.05) is 40.7 Å². The van der Waals surface area contributed by atoms with E-state index in [9.17, 15) is 14.4 Å². The molecular weight excluding hydrogens is 462 g/mol. The molecule has 0 radical (unpaired) electrons. The molecule has 0 unspecified atom stereocenters. The van der Waals surface area contributed by atoms with E-state index >= 15 is 0 Å². The lowest BCUT2D eigenvalue weighted by Crippen LogP contribution is -2.47. The topological polar surface area (TPSA) is 99.1 Å². The van der Waals surface area contributed by atoms with Gasteiger partial charge in [-0.15, -0.1) is 0 Å². The number of nitrogens with one attached hydrogen (secondary N) is 1. The van der Waals surface area contributed by atoms with Crippen molar-refractivity contribution in [1.29, 1.82) is 0 Å². The Hall–Kier alpha value is -4.27. The number of hydrogen-bond acceptors (Lipinski definition) is 6. The number of aromatic nitrogens is 1. The summed E-state index contributed by atoms with van der Waals surface area (Å²) in [6.45, 7) is 4.69. The number of nitrogens with zero attached hydrogens (tertiary/aromatic N) is 2. The van der Waals surface area contributed by atoms with Crippen molar-refractivity contribution in [3.63, 3.8) is 0 Å². The van der Waals surface area contributed by atoms with Crippen LogP contribution in [0.2, 0.25) is 0 Å². The third-order valence-corrected chi connectivity index (χ3v) is 7.07. The van der Waals surface area contributed by atoms with Crippen LogP contribution >= 0.6 is 0 Å². The van der Waals surface area contributed by atoms with E-state index in [1.54, 1.807) is 24.3 Å². The average molecular weight is 488 g/mol. The van der Waals surface area contributed by atoms with Crippen LogP contribution in [-0.2, 0) is 10.3 Å². The second-order valence-electron chi connectivity index (χ2n) is 9.19. The molecule has 0 bridgehead atoms. The minimum absolute atomic E-state index is 0.293. The van der Waals surface area contributed by atoms with E-state index < -0.39 is 17.5 Å². The molecule has 9 nitrogen and oxygen atoms in total. The SMILES string of the molecule is Cc1cc(C(=O)CN2C(=O)N[C@@]3(CCOc4ccccc43)C2=O)c(C)n1-c1ccc2c(c1)OCCO2. The van der Waals surface area contributed by atoms with Crippen LogP contribution in [-0.4, -0.2) is 53.6 Å². The lowest BCUT2D eigenvalue weighted by Gasteiger charge is -2.33. The van der Waals surface area contributed by atoms with Crippen LogP contribution in [0.25, 0.3) is 5.69 Å². The van der Waals surface area contributed by atoms with Gasteiger partial charge in [-0.2, -0.15) is 0 Å². The number of carbonyl (C=O) groups is 3. The van der Waals surface area contributed by atoms with E-state index in [1.807, 2.05) is 42.7 Å². The van der Waals surface area contributed by atoms with Crippen LogP contribution in [0, 0.1) is 13.8 Å². The zero-order chi connectivity index (χ0) is 25.0. The highest BCUT2D eigenvalue weighted by Crippen LogP contribution is 2.41. The fourth-order valence-electron chi connectivity index (χ4n) is 5.36. The first-order valence-corrected chi connectivity index (χ1v) is 11.9. The summed E-state index contributed by atoms with van der Waals surface area (Å²) in [5.74, 6) is 1.16. The van der Waals surface area contributed by atoms with Crippen molar-refractivity contribution in [3.8, 4) is 22.9 Å². The van der Waals surface area contributed by atoms with Crippen molar-refractivity contribution in [2.45, 2.75) is 25.8 Å². The molecule has 9 heteroatoms. The molecule has 1 fully saturated rings. The van der Waals surface area contributed by atoms with E-state index in [0.29, 0.717) is 60.3 Å². The van der Waals surface area contributed by atoms with Crippen LogP contribution < -0.4 is 19.5 Å². The molecule has 1 N–H and O–H groups in total. The van der Waals surface area contributed by atoms with Gasteiger partial charge in [-0.1, -0.05) is 18.2 Å². The number of carbonyl (C=O) groups excluding carboxylic acids is 3. The number of urea groups is 1. The normalized spacial score (nSPS) is 20.2. The summed E-state index contributed by atoms with van der Waals surface area (Å²) in [5.41, 5.74) is 2.25. The molecule has 4 heterocycles. The van der Waals surface area contributed by atoms with Crippen molar-refractivity contribution in [1.82, 2.24) is 14.8 Å². The summed E-state index contributed by atoms with van der Waals surface area (Å²) < 4.78 is 19.0. The largest absolute Gasteiger partial charge is 0.493 e. The van der Waals surface area contributed by atoms with E-state index in [1.165, 1.54) is 0 Å². The standard InChI is InChI=1S/C27H25N3O6/c1-16-13-19(17(2)30(16)18-7-8-23-24(14-18)36-12-11-35-23)21(31)15-29-25(32)27(28-26(29)33)9-10-34-22-6-4-3-5-20(22)27/h3-8,13-14H,9-12,15H2,1-2H3,(H,28,33)/t27-/m1/s1. The highest BCUT2D eigenvalue weighted by molar-refractivity contribution is 6.12. The Balaban J connectivity index is 1.28. The highest BCUT2D eigenvalue weighted by Gasteiger charge is 2.55. The van der Waals surface area contributed by atoms with Gasteiger partial charge in [0.2, 0.25) is 0 Å². The molecule has 36 heavy (non-hydrogen) atoms. The number of benzene rings is 2. The molecule has 3 aliphatic rings. The Labute approximate surface area is 207 Å². The third kappa shape index (κ3) is 3.26. The molecule has 1 aromatic heterocycles. The predicted molar refractivity (Wildman–Crippen MR) is 129 cm³/mol. The number of para-hydroxylation sites is 1. The van der Waals surface area contributed by atoms with Gasteiger partial charge in [-0.3, -0.25) is 14.5 Å². The lowest BCUT2D eigenvalue weighted by atomic mass is 9.84. The van der Waals surface area contributed by atoms with Gasteiger partial charge >= 0.3 is 6.03 Å². The fourth-order valence-corrected chi connectivity index (χ4v) is 5.36. The molecule has 3 aliphatic heterocycles. The molecule has 0 aliphatic carbocycles. The second-order valence-corrected chi connectivity index (χ2v) is 9.19. The number of ketones is 1. The number of fused-ring (bicyclic) bond motifs is 3. The van der Waals surface area contributed by atoms with Gasteiger partial charge in [-0.05, 0) is 38.1 Å². The maximum absolute atomic E-state index is 13.5. The average Bonchev–Trinajstić information content (AvgIpc) is 3.31.